The van der Waals surface area contributed by atoms with Gasteiger partial charge in [-0.2, -0.15) is 4.31 Å². The molecule has 0 amide bonds. The number of hydrogen-bond donors (Lipinski definition) is 1. The highest BCUT2D eigenvalue weighted by molar-refractivity contribution is 7.89. The van der Waals surface area contributed by atoms with E-state index in [2.05, 4.69) is 9.97 Å². The molecule has 3 rings (SSSR count). The lowest BCUT2D eigenvalue weighted by Crippen LogP contribution is -2.35. The van der Waals surface area contributed by atoms with Gasteiger partial charge in [0.15, 0.2) is 5.03 Å². The Labute approximate surface area is 124 Å². The number of nitrogens with zero attached hydrogens (tertiary/aromatic N) is 3. The van der Waals surface area contributed by atoms with E-state index in [4.69, 9.17) is 0 Å². The van der Waals surface area contributed by atoms with E-state index in [1.54, 1.807) is 4.31 Å². The highest BCUT2D eigenvalue weighted by Crippen LogP contribution is 2.34. The van der Waals surface area contributed by atoms with Crippen LogP contribution in [0.3, 0.4) is 0 Å². The van der Waals surface area contributed by atoms with Gasteiger partial charge in [0, 0.05) is 25.5 Å². The van der Waals surface area contributed by atoms with E-state index in [1.807, 2.05) is 29.9 Å². The minimum Gasteiger partial charge on any atom is -0.353 e. The molecule has 0 saturated carbocycles. The average molecular weight is 308 g/mol. The number of hydrogen-bond acceptors (Lipinski definition) is 3. The largest absolute Gasteiger partial charge is 0.353 e. The molecule has 0 bridgehead atoms. The summed E-state index contributed by atoms with van der Waals surface area (Å²) in [7, 11) is -1.57. The first-order valence-corrected chi connectivity index (χ1v) is 8.66. The highest BCUT2D eigenvalue weighted by Gasteiger charge is 2.35. The van der Waals surface area contributed by atoms with Gasteiger partial charge in [-0.15, -0.1) is 0 Å². The summed E-state index contributed by atoms with van der Waals surface area (Å²) in [6, 6.07) is 3.85. The molecule has 0 spiro atoms. The molecule has 1 aliphatic heterocycles. The molecule has 21 heavy (non-hydrogen) atoms. The number of aromatic nitrogens is 3. The summed E-state index contributed by atoms with van der Waals surface area (Å²) < 4.78 is 29.4. The Kier molecular flexibility index (Phi) is 3.86. The molecule has 1 atom stereocenters. The van der Waals surface area contributed by atoms with Gasteiger partial charge in [-0.05, 0) is 25.0 Å². The van der Waals surface area contributed by atoms with E-state index in [9.17, 15) is 8.42 Å². The fourth-order valence-electron chi connectivity index (χ4n) is 3.00. The normalized spacial score (nSPS) is 21.3. The Bertz CT molecular complexity index is 690. The highest BCUT2D eigenvalue weighted by atomic mass is 32.2. The summed E-state index contributed by atoms with van der Waals surface area (Å²) in [5.41, 5.74) is 1.04. The van der Waals surface area contributed by atoms with Gasteiger partial charge in [0.2, 0.25) is 0 Å². The molecule has 1 aliphatic rings. The minimum absolute atomic E-state index is 0.110. The van der Waals surface area contributed by atoms with Gasteiger partial charge < -0.3 is 9.55 Å². The Balaban J connectivity index is 2.02. The second-order valence-electron chi connectivity index (χ2n) is 5.44. The molecule has 2 aromatic rings. The van der Waals surface area contributed by atoms with E-state index < -0.39 is 10.0 Å². The van der Waals surface area contributed by atoms with Crippen molar-refractivity contribution in [1.82, 2.24) is 18.8 Å². The van der Waals surface area contributed by atoms with E-state index in [-0.39, 0.29) is 11.1 Å². The molecule has 114 valence electrons. The molecule has 3 heterocycles. The maximum absolute atomic E-state index is 12.9. The SMILES string of the molecule is Cn1cccc1C1CCCCCN1S(=O)(=O)c1cnc[nH]1. The standard InChI is InChI=1S/C14H20N4O2S/c1-17-8-5-7-12(17)13-6-3-2-4-9-18(13)21(19,20)14-10-15-11-16-14/h5,7-8,10-11,13H,2-4,6,9H2,1H3,(H,15,16). The number of H-pyrrole nitrogens is 1. The van der Waals surface area contributed by atoms with Crippen LogP contribution >= 0.6 is 0 Å². The monoisotopic (exact) mass is 308 g/mol. The summed E-state index contributed by atoms with van der Waals surface area (Å²) in [5.74, 6) is 0. The molecular formula is C14H20N4O2S. The molecule has 1 N–H and O–H groups in total. The quantitative estimate of drug-likeness (QED) is 0.943. The van der Waals surface area contributed by atoms with Gasteiger partial charge in [-0.25, -0.2) is 13.4 Å². The Hall–Kier alpha value is -1.60. The molecule has 1 fully saturated rings. The zero-order valence-corrected chi connectivity index (χ0v) is 12.9. The number of imidazole rings is 1. The van der Waals surface area contributed by atoms with Crippen LogP contribution in [0.4, 0.5) is 0 Å². The molecule has 0 radical (unpaired) electrons. The van der Waals surface area contributed by atoms with E-state index in [0.717, 1.165) is 31.4 Å². The fourth-order valence-corrected chi connectivity index (χ4v) is 4.56. The minimum atomic E-state index is -3.53. The second kappa shape index (κ2) is 5.65. The van der Waals surface area contributed by atoms with Crippen LogP contribution in [0.25, 0.3) is 0 Å². The molecule has 6 nitrogen and oxygen atoms in total. The maximum Gasteiger partial charge on any atom is 0.260 e. The van der Waals surface area contributed by atoms with Crippen molar-refractivity contribution < 1.29 is 8.42 Å². The Morgan fingerprint density at radius 2 is 2.19 bits per heavy atom. The second-order valence-corrected chi connectivity index (χ2v) is 7.30. The topological polar surface area (TPSA) is 71.0 Å². The lowest BCUT2D eigenvalue weighted by molar-refractivity contribution is 0.317. The number of nitrogens with one attached hydrogen (secondary N) is 1. The van der Waals surface area contributed by atoms with Crippen LogP contribution in [0.1, 0.15) is 37.4 Å². The van der Waals surface area contributed by atoms with Gasteiger partial charge in [0.25, 0.3) is 10.0 Å². The number of sulfonamides is 1. The van der Waals surface area contributed by atoms with E-state index in [1.165, 1.54) is 12.5 Å². The first kappa shape index (κ1) is 14.3. The van der Waals surface area contributed by atoms with Crippen LogP contribution < -0.4 is 0 Å². The molecular weight excluding hydrogens is 288 g/mol. The average Bonchev–Trinajstić information content (AvgIpc) is 3.06. The van der Waals surface area contributed by atoms with Crippen molar-refractivity contribution in [1.29, 1.82) is 0 Å². The first-order chi connectivity index (χ1) is 10.1. The van der Waals surface area contributed by atoms with Crippen LogP contribution in [-0.2, 0) is 17.1 Å². The van der Waals surface area contributed by atoms with Crippen molar-refractivity contribution in [2.75, 3.05) is 6.54 Å². The van der Waals surface area contributed by atoms with Crippen LogP contribution in [0.5, 0.6) is 0 Å². The van der Waals surface area contributed by atoms with Crippen molar-refractivity contribution >= 4 is 10.0 Å². The third-order valence-electron chi connectivity index (χ3n) is 4.09. The molecule has 1 saturated heterocycles. The predicted molar refractivity (Wildman–Crippen MR) is 79.1 cm³/mol. The van der Waals surface area contributed by atoms with Crippen LogP contribution in [-0.4, -0.2) is 33.8 Å². The zero-order chi connectivity index (χ0) is 14.9. The van der Waals surface area contributed by atoms with Crippen molar-refractivity contribution in [2.45, 2.75) is 36.8 Å². The Morgan fingerprint density at radius 3 is 2.86 bits per heavy atom. The fraction of sp³-hybridized carbons (Fsp3) is 0.500. The molecule has 0 aromatic carbocycles. The van der Waals surface area contributed by atoms with Gasteiger partial charge in [0.1, 0.15) is 0 Å². The van der Waals surface area contributed by atoms with Gasteiger partial charge in [-0.1, -0.05) is 12.8 Å². The van der Waals surface area contributed by atoms with Gasteiger partial charge in [0.05, 0.1) is 18.6 Å². The summed E-state index contributed by atoms with van der Waals surface area (Å²) in [6.45, 7) is 0.553. The third-order valence-corrected chi connectivity index (χ3v) is 5.92. The summed E-state index contributed by atoms with van der Waals surface area (Å²) in [4.78, 5) is 6.57. The van der Waals surface area contributed by atoms with E-state index in [0.29, 0.717) is 6.54 Å². The summed E-state index contributed by atoms with van der Waals surface area (Å²) in [6.07, 6.45) is 8.60. The predicted octanol–water partition coefficient (Wildman–Crippen LogP) is 2.05. The smallest absolute Gasteiger partial charge is 0.260 e. The van der Waals surface area contributed by atoms with Crippen molar-refractivity contribution in [3.63, 3.8) is 0 Å². The lowest BCUT2D eigenvalue weighted by atomic mass is 10.1. The lowest BCUT2D eigenvalue weighted by Gasteiger charge is -2.29. The van der Waals surface area contributed by atoms with Crippen molar-refractivity contribution in [3.05, 3.63) is 36.5 Å². The zero-order valence-electron chi connectivity index (χ0n) is 12.1. The Morgan fingerprint density at radius 1 is 1.33 bits per heavy atom. The number of aryl methyl sites for hydroxylation is 1. The summed E-state index contributed by atoms with van der Waals surface area (Å²) in [5, 5.41) is 0.170. The van der Waals surface area contributed by atoms with Crippen molar-refractivity contribution in [3.8, 4) is 0 Å². The summed E-state index contributed by atoms with van der Waals surface area (Å²) >= 11 is 0. The van der Waals surface area contributed by atoms with E-state index >= 15 is 0 Å². The van der Waals surface area contributed by atoms with Gasteiger partial charge >= 0.3 is 0 Å². The molecule has 0 aliphatic carbocycles. The number of aromatic amines is 1. The van der Waals surface area contributed by atoms with Crippen LogP contribution in [0, 0.1) is 0 Å². The third kappa shape index (κ3) is 2.63. The van der Waals surface area contributed by atoms with Crippen LogP contribution in [0.2, 0.25) is 0 Å². The van der Waals surface area contributed by atoms with Crippen LogP contribution in [0.15, 0.2) is 35.9 Å². The maximum atomic E-state index is 12.9. The van der Waals surface area contributed by atoms with Gasteiger partial charge in [-0.3, -0.25) is 0 Å². The molecule has 1 unspecified atom stereocenters. The number of rotatable bonds is 3. The molecule has 2 aromatic heterocycles. The first-order valence-electron chi connectivity index (χ1n) is 7.22. The van der Waals surface area contributed by atoms with Crippen molar-refractivity contribution in [2.24, 2.45) is 7.05 Å². The molecule has 7 heteroatoms.